The van der Waals surface area contributed by atoms with Crippen molar-refractivity contribution in [3.05, 3.63) is 0 Å². The SMILES string of the molecule is CS(=O)(=O)N[C@@H]1CN[C@H](CCO)C1(F)F. The maximum Gasteiger partial charge on any atom is 0.280 e. The number of aliphatic hydroxyl groups excluding tert-OH is 1. The van der Waals surface area contributed by atoms with E-state index in [9.17, 15) is 17.2 Å². The minimum atomic E-state index is -3.65. The van der Waals surface area contributed by atoms with E-state index in [2.05, 4.69) is 5.32 Å². The molecule has 1 rings (SSSR count). The van der Waals surface area contributed by atoms with E-state index in [0.29, 0.717) is 0 Å². The van der Waals surface area contributed by atoms with Gasteiger partial charge in [0.2, 0.25) is 10.0 Å². The molecule has 0 unspecified atom stereocenters. The molecule has 1 heterocycles. The zero-order valence-corrected chi connectivity index (χ0v) is 9.02. The van der Waals surface area contributed by atoms with Gasteiger partial charge < -0.3 is 10.4 Å². The number of rotatable bonds is 4. The van der Waals surface area contributed by atoms with Crippen molar-refractivity contribution in [3.8, 4) is 0 Å². The van der Waals surface area contributed by atoms with Gasteiger partial charge in [-0.1, -0.05) is 0 Å². The van der Waals surface area contributed by atoms with Gasteiger partial charge in [-0.2, -0.15) is 0 Å². The number of nitrogens with one attached hydrogen (secondary N) is 2. The molecule has 0 saturated carbocycles. The molecule has 3 N–H and O–H groups in total. The molecule has 0 spiro atoms. The predicted molar refractivity (Wildman–Crippen MR) is 50.2 cm³/mol. The van der Waals surface area contributed by atoms with Crippen molar-refractivity contribution in [2.45, 2.75) is 24.4 Å². The van der Waals surface area contributed by atoms with Gasteiger partial charge in [0.1, 0.15) is 0 Å². The van der Waals surface area contributed by atoms with Crippen LogP contribution in [-0.4, -0.2) is 50.9 Å². The van der Waals surface area contributed by atoms with Gasteiger partial charge in [-0.15, -0.1) is 0 Å². The lowest BCUT2D eigenvalue weighted by Gasteiger charge is -2.23. The fourth-order valence-electron chi connectivity index (χ4n) is 1.58. The molecule has 0 radical (unpaired) electrons. The molecule has 8 heteroatoms. The summed E-state index contributed by atoms with van der Waals surface area (Å²) in [5.74, 6) is -3.17. The predicted octanol–water partition coefficient (Wildman–Crippen LogP) is -1.11. The lowest BCUT2D eigenvalue weighted by molar-refractivity contribution is -0.0340. The largest absolute Gasteiger partial charge is 0.396 e. The molecule has 0 amide bonds. The smallest absolute Gasteiger partial charge is 0.280 e. The summed E-state index contributed by atoms with van der Waals surface area (Å²) in [6, 6.07) is -2.62. The second-order valence-electron chi connectivity index (χ2n) is 3.59. The summed E-state index contributed by atoms with van der Waals surface area (Å²) >= 11 is 0. The van der Waals surface area contributed by atoms with Crippen molar-refractivity contribution in [2.75, 3.05) is 19.4 Å². The Balaban J connectivity index is 2.71. The zero-order valence-electron chi connectivity index (χ0n) is 8.20. The van der Waals surface area contributed by atoms with E-state index < -0.39 is 28.0 Å². The van der Waals surface area contributed by atoms with Crippen LogP contribution in [0.4, 0.5) is 8.78 Å². The number of aliphatic hydroxyl groups is 1. The Morgan fingerprint density at radius 1 is 1.60 bits per heavy atom. The van der Waals surface area contributed by atoms with Crippen LogP contribution in [0.1, 0.15) is 6.42 Å². The van der Waals surface area contributed by atoms with Crippen molar-refractivity contribution < 1.29 is 22.3 Å². The summed E-state index contributed by atoms with van der Waals surface area (Å²) in [6.45, 7) is -0.496. The van der Waals surface area contributed by atoms with Crippen LogP contribution in [0.25, 0.3) is 0 Å². The minimum Gasteiger partial charge on any atom is -0.396 e. The van der Waals surface area contributed by atoms with Gasteiger partial charge in [0, 0.05) is 13.2 Å². The molecule has 5 nitrogen and oxygen atoms in total. The van der Waals surface area contributed by atoms with Gasteiger partial charge in [-0.25, -0.2) is 21.9 Å². The van der Waals surface area contributed by atoms with Gasteiger partial charge in [0.25, 0.3) is 5.92 Å². The van der Waals surface area contributed by atoms with Crippen molar-refractivity contribution >= 4 is 10.0 Å². The molecule has 1 aliphatic rings. The van der Waals surface area contributed by atoms with Crippen LogP contribution >= 0.6 is 0 Å². The van der Waals surface area contributed by atoms with E-state index in [4.69, 9.17) is 5.11 Å². The van der Waals surface area contributed by atoms with Gasteiger partial charge in [0.15, 0.2) is 0 Å². The number of sulfonamides is 1. The average molecular weight is 244 g/mol. The first-order valence-corrected chi connectivity index (χ1v) is 6.36. The van der Waals surface area contributed by atoms with Crippen LogP contribution in [0, 0.1) is 0 Å². The third-order valence-corrected chi connectivity index (χ3v) is 2.98. The summed E-state index contributed by atoms with van der Waals surface area (Å²) < 4.78 is 50.5. The molecular weight excluding hydrogens is 230 g/mol. The second-order valence-corrected chi connectivity index (χ2v) is 5.37. The first kappa shape index (κ1) is 12.8. The quantitative estimate of drug-likeness (QED) is 0.586. The summed E-state index contributed by atoms with van der Waals surface area (Å²) in [4.78, 5) is 0. The molecular formula is C7H14F2N2O3S. The van der Waals surface area contributed by atoms with Gasteiger partial charge in [0.05, 0.1) is 18.3 Å². The van der Waals surface area contributed by atoms with Crippen LogP contribution in [0.15, 0.2) is 0 Å². The van der Waals surface area contributed by atoms with E-state index in [1.165, 1.54) is 0 Å². The number of halogens is 2. The molecule has 1 aliphatic heterocycles. The molecule has 2 atom stereocenters. The van der Waals surface area contributed by atoms with E-state index >= 15 is 0 Å². The van der Waals surface area contributed by atoms with Crippen molar-refractivity contribution in [2.24, 2.45) is 0 Å². The molecule has 0 aromatic rings. The molecule has 0 bridgehead atoms. The van der Waals surface area contributed by atoms with Crippen molar-refractivity contribution in [3.63, 3.8) is 0 Å². The average Bonchev–Trinajstić information content (AvgIpc) is 2.29. The Morgan fingerprint density at radius 3 is 2.67 bits per heavy atom. The third-order valence-electron chi connectivity index (χ3n) is 2.27. The number of hydrogen-bond acceptors (Lipinski definition) is 4. The molecule has 1 saturated heterocycles. The lowest BCUT2D eigenvalue weighted by Crippen LogP contribution is -2.49. The topological polar surface area (TPSA) is 78.4 Å². The summed E-state index contributed by atoms with van der Waals surface area (Å²) in [7, 11) is -3.65. The molecule has 90 valence electrons. The first-order valence-electron chi connectivity index (χ1n) is 4.46. The van der Waals surface area contributed by atoms with E-state index in [1.54, 1.807) is 0 Å². The fraction of sp³-hybridized carbons (Fsp3) is 1.00. The van der Waals surface area contributed by atoms with E-state index in [0.717, 1.165) is 6.26 Å². The van der Waals surface area contributed by atoms with Crippen LogP contribution in [0.5, 0.6) is 0 Å². The van der Waals surface area contributed by atoms with Crippen molar-refractivity contribution in [1.82, 2.24) is 10.0 Å². The highest BCUT2D eigenvalue weighted by atomic mass is 32.2. The maximum atomic E-state index is 13.5. The van der Waals surface area contributed by atoms with Crippen LogP contribution < -0.4 is 10.0 Å². The number of hydrogen-bond donors (Lipinski definition) is 3. The van der Waals surface area contributed by atoms with E-state index in [1.807, 2.05) is 4.72 Å². The maximum absolute atomic E-state index is 13.5. The first-order chi connectivity index (χ1) is 6.77. The minimum absolute atomic E-state index is 0.102. The van der Waals surface area contributed by atoms with E-state index in [-0.39, 0.29) is 19.6 Å². The van der Waals surface area contributed by atoms with Crippen LogP contribution in [0.3, 0.4) is 0 Å². The van der Waals surface area contributed by atoms with Crippen molar-refractivity contribution in [1.29, 1.82) is 0 Å². The Labute approximate surface area is 86.9 Å². The zero-order chi connectivity index (χ0) is 11.7. The molecule has 15 heavy (non-hydrogen) atoms. The Bertz CT molecular complexity index is 320. The van der Waals surface area contributed by atoms with Crippen LogP contribution in [-0.2, 0) is 10.0 Å². The molecule has 0 aromatic carbocycles. The van der Waals surface area contributed by atoms with Crippen LogP contribution in [0.2, 0.25) is 0 Å². The van der Waals surface area contributed by atoms with Gasteiger partial charge in [-0.05, 0) is 6.42 Å². The number of alkyl halides is 2. The van der Waals surface area contributed by atoms with Gasteiger partial charge >= 0.3 is 0 Å². The molecule has 0 aliphatic carbocycles. The molecule has 1 fully saturated rings. The second kappa shape index (κ2) is 4.28. The van der Waals surface area contributed by atoms with Gasteiger partial charge in [-0.3, -0.25) is 0 Å². The lowest BCUT2D eigenvalue weighted by atomic mass is 10.1. The Hall–Kier alpha value is -0.310. The standard InChI is InChI=1S/C7H14F2N2O3S/c1-15(13,14)11-6-4-10-5(2-3-12)7(6,8)9/h5-6,10-12H,2-4H2,1H3/t5-,6-/m1/s1. The highest BCUT2D eigenvalue weighted by Crippen LogP contribution is 2.30. The Kier molecular flexibility index (Phi) is 3.64. The highest BCUT2D eigenvalue weighted by molar-refractivity contribution is 7.88. The molecule has 0 aromatic heterocycles. The fourth-order valence-corrected chi connectivity index (χ4v) is 2.33. The third kappa shape index (κ3) is 3.07. The summed E-state index contributed by atoms with van der Waals surface area (Å²) in [6.07, 6.45) is 0.734. The monoisotopic (exact) mass is 244 g/mol. The summed E-state index contributed by atoms with van der Waals surface area (Å²) in [5, 5.41) is 11.0. The summed E-state index contributed by atoms with van der Waals surface area (Å²) in [5.41, 5.74) is 0. The Morgan fingerprint density at radius 2 is 2.20 bits per heavy atom. The highest BCUT2D eigenvalue weighted by Gasteiger charge is 2.52. The normalized spacial score (nSPS) is 30.7.